The summed E-state index contributed by atoms with van der Waals surface area (Å²) in [4.78, 5) is 12.9. The van der Waals surface area contributed by atoms with Gasteiger partial charge in [-0.2, -0.15) is 0 Å². The summed E-state index contributed by atoms with van der Waals surface area (Å²) in [5.74, 6) is 0.210. The second-order valence-electron chi connectivity index (χ2n) is 2.66. The van der Waals surface area contributed by atoms with Crippen molar-refractivity contribution in [2.45, 2.75) is 25.8 Å². The molecule has 1 atom stereocenters. The van der Waals surface area contributed by atoms with E-state index in [4.69, 9.17) is 0 Å². The lowest BCUT2D eigenvalue weighted by Gasteiger charge is -2.20. The summed E-state index contributed by atoms with van der Waals surface area (Å²) in [6, 6.07) is 0.456. The van der Waals surface area contributed by atoms with Crippen molar-refractivity contribution >= 4 is 21.8 Å². The van der Waals surface area contributed by atoms with Crippen molar-refractivity contribution in [3.63, 3.8) is 0 Å². The lowest BCUT2D eigenvalue weighted by Crippen LogP contribution is -2.34. The molecule has 1 aliphatic heterocycles. The van der Waals surface area contributed by atoms with Gasteiger partial charge in [-0.25, -0.2) is 0 Å². The molecule has 0 aromatic rings. The molecule has 1 unspecified atom stereocenters. The zero-order valence-electron chi connectivity index (χ0n) is 6.14. The van der Waals surface area contributed by atoms with Crippen LogP contribution in [0.25, 0.3) is 0 Å². The Balaban J connectivity index is 2.50. The van der Waals surface area contributed by atoms with Gasteiger partial charge in [-0.1, -0.05) is 15.9 Å². The van der Waals surface area contributed by atoms with Gasteiger partial charge in [0.1, 0.15) is 0 Å². The molecule has 1 heterocycles. The van der Waals surface area contributed by atoms with Gasteiger partial charge < -0.3 is 4.90 Å². The highest BCUT2D eigenvalue weighted by Crippen LogP contribution is 2.18. The maximum absolute atomic E-state index is 10.9. The molecule has 0 aromatic heterocycles. The van der Waals surface area contributed by atoms with Crippen LogP contribution < -0.4 is 0 Å². The van der Waals surface area contributed by atoms with Crippen LogP contribution in [0.1, 0.15) is 19.8 Å². The summed E-state index contributed by atoms with van der Waals surface area (Å²) >= 11 is 3.39. The Bertz CT molecular complexity index is 138. The third kappa shape index (κ3) is 1.51. The molecule has 0 saturated carbocycles. The maximum atomic E-state index is 10.9. The van der Waals surface area contributed by atoms with Crippen LogP contribution in [0.3, 0.4) is 0 Å². The smallest absolute Gasteiger partial charge is 0.219 e. The zero-order valence-corrected chi connectivity index (χ0v) is 7.73. The molecule has 1 saturated heterocycles. The van der Waals surface area contributed by atoms with Gasteiger partial charge in [0, 0.05) is 24.8 Å². The number of carbonyl (C=O) groups excluding carboxylic acids is 1. The fourth-order valence-corrected chi connectivity index (χ4v) is 2.08. The molecule has 1 fully saturated rings. The predicted molar refractivity (Wildman–Crippen MR) is 44.2 cm³/mol. The van der Waals surface area contributed by atoms with Crippen LogP contribution in [-0.2, 0) is 4.79 Å². The van der Waals surface area contributed by atoms with Crippen molar-refractivity contribution in [2.24, 2.45) is 0 Å². The van der Waals surface area contributed by atoms with Crippen molar-refractivity contribution in [3.05, 3.63) is 0 Å². The van der Waals surface area contributed by atoms with Crippen LogP contribution >= 0.6 is 15.9 Å². The molecule has 58 valence electrons. The number of alkyl halides is 1. The second-order valence-corrected chi connectivity index (χ2v) is 3.31. The molecular formula is C7H12BrNO. The van der Waals surface area contributed by atoms with E-state index in [0.29, 0.717) is 6.04 Å². The van der Waals surface area contributed by atoms with Gasteiger partial charge >= 0.3 is 0 Å². The standard InChI is InChI=1S/C7H12BrNO/c1-6(10)9-4-2-3-7(9)5-8/h7H,2-5H2,1H3. The number of amides is 1. The number of likely N-dealkylation sites (tertiary alicyclic amines) is 1. The first kappa shape index (κ1) is 8.05. The third-order valence-electron chi connectivity index (χ3n) is 1.96. The van der Waals surface area contributed by atoms with Gasteiger partial charge in [-0.05, 0) is 12.8 Å². The van der Waals surface area contributed by atoms with Crippen LogP contribution in [-0.4, -0.2) is 28.7 Å². The Morgan fingerprint density at radius 3 is 2.90 bits per heavy atom. The van der Waals surface area contributed by atoms with Crippen molar-refractivity contribution in [3.8, 4) is 0 Å². The van der Waals surface area contributed by atoms with E-state index >= 15 is 0 Å². The first-order valence-electron chi connectivity index (χ1n) is 3.59. The SMILES string of the molecule is CC(=O)N1CCCC1CBr. The molecule has 1 amide bonds. The summed E-state index contributed by atoms with van der Waals surface area (Å²) < 4.78 is 0. The number of hydrogen-bond acceptors (Lipinski definition) is 1. The fraction of sp³-hybridized carbons (Fsp3) is 0.857. The second kappa shape index (κ2) is 3.37. The van der Waals surface area contributed by atoms with Crippen LogP contribution in [0.4, 0.5) is 0 Å². The minimum atomic E-state index is 0.210. The Morgan fingerprint density at radius 1 is 1.80 bits per heavy atom. The van der Waals surface area contributed by atoms with E-state index in [1.165, 1.54) is 0 Å². The van der Waals surface area contributed by atoms with Gasteiger partial charge in [0.05, 0.1) is 0 Å². The van der Waals surface area contributed by atoms with Gasteiger partial charge in [0.15, 0.2) is 0 Å². The first-order chi connectivity index (χ1) is 4.75. The normalized spacial score (nSPS) is 25.4. The zero-order chi connectivity index (χ0) is 7.56. The summed E-state index contributed by atoms with van der Waals surface area (Å²) in [5, 5.41) is 0.923. The monoisotopic (exact) mass is 205 g/mol. The van der Waals surface area contributed by atoms with Gasteiger partial charge in [0.25, 0.3) is 0 Å². The first-order valence-corrected chi connectivity index (χ1v) is 4.71. The quantitative estimate of drug-likeness (QED) is 0.593. The van der Waals surface area contributed by atoms with Gasteiger partial charge in [-0.3, -0.25) is 4.79 Å². The van der Waals surface area contributed by atoms with E-state index in [2.05, 4.69) is 15.9 Å². The number of halogens is 1. The molecule has 0 N–H and O–H groups in total. The van der Waals surface area contributed by atoms with Crippen LogP contribution in [0.2, 0.25) is 0 Å². The molecule has 10 heavy (non-hydrogen) atoms. The lowest BCUT2D eigenvalue weighted by molar-refractivity contribution is -0.129. The maximum Gasteiger partial charge on any atom is 0.219 e. The molecule has 0 spiro atoms. The molecule has 2 nitrogen and oxygen atoms in total. The summed E-state index contributed by atoms with van der Waals surface area (Å²) in [6.07, 6.45) is 2.32. The fourth-order valence-electron chi connectivity index (χ4n) is 1.41. The van der Waals surface area contributed by atoms with E-state index in [0.717, 1.165) is 24.7 Å². The highest BCUT2D eigenvalue weighted by Gasteiger charge is 2.24. The minimum absolute atomic E-state index is 0.210. The molecule has 0 bridgehead atoms. The average Bonchev–Trinajstić information content (AvgIpc) is 2.33. The Kier molecular flexibility index (Phi) is 2.72. The molecular weight excluding hydrogens is 194 g/mol. The molecule has 0 radical (unpaired) electrons. The summed E-state index contributed by atoms with van der Waals surface area (Å²) in [5.41, 5.74) is 0. The van der Waals surface area contributed by atoms with Gasteiger partial charge in [-0.15, -0.1) is 0 Å². The lowest BCUT2D eigenvalue weighted by atomic mass is 10.2. The third-order valence-corrected chi connectivity index (χ3v) is 2.71. The number of hydrogen-bond donors (Lipinski definition) is 0. The molecule has 0 aromatic carbocycles. The Hall–Kier alpha value is -0.0500. The highest BCUT2D eigenvalue weighted by molar-refractivity contribution is 9.09. The molecule has 3 heteroatoms. The number of nitrogens with zero attached hydrogens (tertiary/aromatic N) is 1. The van der Waals surface area contributed by atoms with Crippen LogP contribution in [0.15, 0.2) is 0 Å². The van der Waals surface area contributed by atoms with Crippen molar-refractivity contribution in [1.82, 2.24) is 4.90 Å². The van der Waals surface area contributed by atoms with E-state index < -0.39 is 0 Å². The van der Waals surface area contributed by atoms with E-state index in [1.807, 2.05) is 4.90 Å². The summed E-state index contributed by atoms with van der Waals surface area (Å²) in [6.45, 7) is 2.59. The van der Waals surface area contributed by atoms with E-state index in [-0.39, 0.29) is 5.91 Å². The van der Waals surface area contributed by atoms with Gasteiger partial charge in [0.2, 0.25) is 5.91 Å². The number of carbonyl (C=O) groups is 1. The minimum Gasteiger partial charge on any atom is -0.339 e. The Morgan fingerprint density at radius 2 is 2.50 bits per heavy atom. The number of rotatable bonds is 1. The summed E-state index contributed by atoms with van der Waals surface area (Å²) in [7, 11) is 0. The van der Waals surface area contributed by atoms with Crippen molar-refractivity contribution in [1.29, 1.82) is 0 Å². The highest BCUT2D eigenvalue weighted by atomic mass is 79.9. The van der Waals surface area contributed by atoms with E-state index in [9.17, 15) is 4.79 Å². The Labute approximate surface area is 69.7 Å². The molecule has 1 rings (SSSR count). The van der Waals surface area contributed by atoms with E-state index in [1.54, 1.807) is 6.92 Å². The molecule has 1 aliphatic rings. The van der Waals surface area contributed by atoms with Crippen molar-refractivity contribution < 1.29 is 4.79 Å². The largest absolute Gasteiger partial charge is 0.339 e. The van der Waals surface area contributed by atoms with Crippen molar-refractivity contribution in [2.75, 3.05) is 11.9 Å². The predicted octanol–water partition coefficient (Wildman–Crippen LogP) is 1.39. The molecule has 0 aliphatic carbocycles. The average molecular weight is 206 g/mol. The van der Waals surface area contributed by atoms with Crippen LogP contribution in [0.5, 0.6) is 0 Å². The van der Waals surface area contributed by atoms with Crippen LogP contribution in [0, 0.1) is 0 Å². The topological polar surface area (TPSA) is 20.3 Å².